The molecule has 31 heavy (non-hydrogen) atoms. The van der Waals surface area contributed by atoms with Crippen molar-refractivity contribution in [3.05, 3.63) is 65.4 Å². The summed E-state index contributed by atoms with van der Waals surface area (Å²) in [6.45, 7) is 1.42. The standard InChI is InChI=1S/C17H14F2N2O2S.C2HF3O2/c18-14-5-4-13(8-15(14)19)24(22,23)21-10-12-6-7-20-9-11-2-1-3-16(21)17(11)12;3-2(4,5)1(6)7/h1-5,8,10,20H,6-7,9H2;(H,6,7). The van der Waals surface area contributed by atoms with E-state index in [0.717, 1.165) is 35.2 Å². The van der Waals surface area contributed by atoms with Gasteiger partial charge in [0.25, 0.3) is 10.0 Å². The Bertz CT molecular complexity index is 1250. The van der Waals surface area contributed by atoms with Crippen molar-refractivity contribution in [1.29, 1.82) is 0 Å². The molecule has 2 aromatic carbocycles. The second kappa shape index (κ2) is 8.27. The number of nitrogens with one attached hydrogen (secondary N) is 1. The molecule has 0 fully saturated rings. The Balaban J connectivity index is 0.000000339. The van der Waals surface area contributed by atoms with Gasteiger partial charge in [0.2, 0.25) is 0 Å². The lowest BCUT2D eigenvalue weighted by atomic mass is 10.1. The van der Waals surface area contributed by atoms with Crippen LogP contribution in [0.4, 0.5) is 22.0 Å². The molecule has 0 radical (unpaired) electrons. The molecular weight excluding hydrogens is 447 g/mol. The normalized spacial score (nSPS) is 14.0. The Hall–Kier alpha value is -2.99. The number of nitrogens with zero attached hydrogens (tertiary/aromatic N) is 1. The Morgan fingerprint density at radius 2 is 1.74 bits per heavy atom. The van der Waals surface area contributed by atoms with E-state index < -0.39 is 33.8 Å². The molecular formula is C19H15F5N2O4S. The molecule has 0 bridgehead atoms. The quantitative estimate of drug-likeness (QED) is 0.570. The van der Waals surface area contributed by atoms with E-state index in [0.29, 0.717) is 24.5 Å². The van der Waals surface area contributed by atoms with Gasteiger partial charge in [-0.25, -0.2) is 26.0 Å². The smallest absolute Gasteiger partial charge is 0.475 e. The first-order valence-corrected chi connectivity index (χ1v) is 10.2. The molecule has 0 aliphatic carbocycles. The lowest BCUT2D eigenvalue weighted by molar-refractivity contribution is -0.192. The van der Waals surface area contributed by atoms with Crippen molar-refractivity contribution in [2.45, 2.75) is 24.0 Å². The lowest BCUT2D eigenvalue weighted by Crippen LogP contribution is -2.21. The molecule has 2 heterocycles. The zero-order valence-electron chi connectivity index (χ0n) is 15.6. The monoisotopic (exact) mass is 462 g/mol. The lowest BCUT2D eigenvalue weighted by Gasteiger charge is -2.09. The third kappa shape index (κ3) is 4.54. The molecule has 1 aliphatic heterocycles. The second-order valence-corrected chi connectivity index (χ2v) is 8.39. The van der Waals surface area contributed by atoms with E-state index in [1.807, 2.05) is 6.07 Å². The summed E-state index contributed by atoms with van der Waals surface area (Å²) in [6, 6.07) is 8.10. The van der Waals surface area contributed by atoms with E-state index in [2.05, 4.69) is 5.32 Å². The summed E-state index contributed by atoms with van der Waals surface area (Å²) in [7, 11) is -4.01. The van der Waals surface area contributed by atoms with Gasteiger partial charge in [-0.3, -0.25) is 0 Å². The Morgan fingerprint density at radius 3 is 2.35 bits per heavy atom. The molecule has 6 nitrogen and oxygen atoms in total. The topological polar surface area (TPSA) is 88.4 Å². The van der Waals surface area contributed by atoms with Crippen LogP contribution in [0.5, 0.6) is 0 Å². The summed E-state index contributed by atoms with van der Waals surface area (Å²) in [6.07, 6.45) is -2.80. The van der Waals surface area contributed by atoms with Crippen LogP contribution in [0.25, 0.3) is 10.9 Å². The first-order valence-electron chi connectivity index (χ1n) is 8.76. The van der Waals surface area contributed by atoms with Crippen molar-refractivity contribution in [2.75, 3.05) is 6.54 Å². The van der Waals surface area contributed by atoms with Crippen molar-refractivity contribution >= 4 is 26.9 Å². The molecule has 12 heteroatoms. The molecule has 2 N–H and O–H groups in total. The maximum atomic E-state index is 13.5. The van der Waals surface area contributed by atoms with E-state index in [4.69, 9.17) is 9.90 Å². The van der Waals surface area contributed by atoms with Gasteiger partial charge in [-0.2, -0.15) is 13.2 Å². The van der Waals surface area contributed by atoms with E-state index in [9.17, 15) is 30.4 Å². The highest BCUT2D eigenvalue weighted by molar-refractivity contribution is 7.90. The number of rotatable bonds is 2. The number of carboxylic acid groups (broad SMARTS) is 1. The van der Waals surface area contributed by atoms with Gasteiger partial charge >= 0.3 is 12.1 Å². The van der Waals surface area contributed by atoms with Gasteiger partial charge in [0.15, 0.2) is 11.6 Å². The first-order chi connectivity index (χ1) is 14.4. The van der Waals surface area contributed by atoms with Crippen LogP contribution in [0.3, 0.4) is 0 Å². The average Bonchev–Trinajstić information content (AvgIpc) is 2.94. The zero-order chi connectivity index (χ0) is 23.0. The zero-order valence-corrected chi connectivity index (χ0v) is 16.4. The number of halogens is 5. The molecule has 0 unspecified atom stereocenters. The Labute approximate surface area is 173 Å². The van der Waals surface area contributed by atoms with Gasteiger partial charge in [-0.05, 0) is 48.4 Å². The number of hydrogen-bond donors (Lipinski definition) is 2. The maximum absolute atomic E-state index is 13.5. The molecule has 0 atom stereocenters. The predicted octanol–water partition coefficient (Wildman–Crippen LogP) is 3.44. The summed E-state index contributed by atoms with van der Waals surface area (Å²) in [4.78, 5) is 8.62. The number of carboxylic acids is 1. The minimum absolute atomic E-state index is 0.273. The van der Waals surface area contributed by atoms with Gasteiger partial charge in [0, 0.05) is 18.1 Å². The van der Waals surface area contributed by atoms with Gasteiger partial charge < -0.3 is 10.4 Å². The number of aromatic nitrogens is 1. The predicted molar refractivity (Wildman–Crippen MR) is 100.0 cm³/mol. The van der Waals surface area contributed by atoms with Crippen LogP contribution < -0.4 is 5.32 Å². The summed E-state index contributed by atoms with van der Waals surface area (Å²) >= 11 is 0. The number of benzene rings is 2. The molecule has 4 rings (SSSR count). The van der Waals surface area contributed by atoms with Gasteiger partial charge in [0.05, 0.1) is 10.4 Å². The van der Waals surface area contributed by atoms with Gasteiger partial charge in [0.1, 0.15) is 0 Å². The van der Waals surface area contributed by atoms with Crippen LogP contribution in [0.15, 0.2) is 47.5 Å². The average molecular weight is 462 g/mol. The second-order valence-electron chi connectivity index (χ2n) is 6.57. The fourth-order valence-corrected chi connectivity index (χ4v) is 4.55. The van der Waals surface area contributed by atoms with Gasteiger partial charge in [-0.15, -0.1) is 0 Å². The number of hydrogen-bond acceptors (Lipinski definition) is 4. The summed E-state index contributed by atoms with van der Waals surface area (Å²) in [5, 5.41) is 11.3. The van der Waals surface area contributed by atoms with Crippen LogP contribution in [0.1, 0.15) is 11.1 Å². The molecule has 1 aromatic heterocycles. The van der Waals surface area contributed by atoms with Crippen molar-refractivity contribution in [2.24, 2.45) is 0 Å². The van der Waals surface area contributed by atoms with Crippen LogP contribution in [0, 0.1) is 11.6 Å². The van der Waals surface area contributed by atoms with Gasteiger partial charge in [-0.1, -0.05) is 12.1 Å². The molecule has 3 aromatic rings. The fourth-order valence-electron chi connectivity index (χ4n) is 3.15. The highest BCUT2D eigenvalue weighted by Gasteiger charge is 2.38. The van der Waals surface area contributed by atoms with Crippen LogP contribution >= 0.6 is 0 Å². The molecule has 0 spiro atoms. The third-order valence-corrected chi connectivity index (χ3v) is 6.21. The summed E-state index contributed by atoms with van der Waals surface area (Å²) in [5.74, 6) is -5.01. The largest absolute Gasteiger partial charge is 0.490 e. The minimum atomic E-state index is -5.08. The summed E-state index contributed by atoms with van der Waals surface area (Å²) < 4.78 is 85.3. The van der Waals surface area contributed by atoms with Crippen LogP contribution in [0.2, 0.25) is 0 Å². The minimum Gasteiger partial charge on any atom is -0.475 e. The van der Waals surface area contributed by atoms with Crippen molar-refractivity contribution in [3.63, 3.8) is 0 Å². The first kappa shape index (κ1) is 22.7. The van der Waals surface area contributed by atoms with Crippen LogP contribution in [-0.4, -0.2) is 36.2 Å². The van der Waals surface area contributed by atoms with Crippen molar-refractivity contribution < 1.29 is 40.3 Å². The highest BCUT2D eigenvalue weighted by atomic mass is 32.2. The number of alkyl halides is 3. The molecule has 166 valence electrons. The van der Waals surface area contributed by atoms with Crippen LogP contribution in [-0.2, 0) is 27.8 Å². The van der Waals surface area contributed by atoms with Crippen molar-refractivity contribution in [3.8, 4) is 0 Å². The van der Waals surface area contributed by atoms with E-state index in [1.165, 1.54) is 3.97 Å². The summed E-state index contributed by atoms with van der Waals surface area (Å²) in [5.41, 5.74) is 2.51. The molecule has 0 saturated carbocycles. The fraction of sp³-hybridized carbons (Fsp3) is 0.211. The van der Waals surface area contributed by atoms with Crippen molar-refractivity contribution in [1.82, 2.24) is 9.29 Å². The highest BCUT2D eigenvalue weighted by Crippen LogP contribution is 2.30. The molecule has 1 aliphatic rings. The van der Waals surface area contributed by atoms with E-state index in [1.54, 1.807) is 18.3 Å². The Kier molecular flexibility index (Phi) is 6.05. The SMILES string of the molecule is O=C(O)C(F)(F)F.O=S(=O)(c1ccc(F)c(F)c1)n1cc2c3c(cccc31)CNCC2. The molecule has 0 amide bonds. The number of aliphatic carboxylic acids is 1. The maximum Gasteiger partial charge on any atom is 0.490 e. The van der Waals surface area contributed by atoms with E-state index in [-0.39, 0.29) is 4.90 Å². The number of carbonyl (C=O) groups is 1. The Morgan fingerprint density at radius 1 is 1.06 bits per heavy atom. The van der Waals surface area contributed by atoms with E-state index >= 15 is 0 Å². The third-order valence-electron chi connectivity index (χ3n) is 4.54. The molecule has 0 saturated heterocycles.